The number of hydrogen-bond donors (Lipinski definition) is 0. The molecule has 0 aromatic carbocycles. The molecule has 21 heavy (non-hydrogen) atoms. The fourth-order valence-electron chi connectivity index (χ4n) is 1.89. The van der Waals surface area contributed by atoms with Crippen molar-refractivity contribution in [1.82, 2.24) is 4.98 Å². The predicted molar refractivity (Wildman–Crippen MR) is 64.9 cm³/mol. The van der Waals surface area contributed by atoms with Gasteiger partial charge in [0.2, 0.25) is 5.95 Å². The van der Waals surface area contributed by atoms with E-state index in [0.29, 0.717) is 0 Å². The maximum absolute atomic E-state index is 13.9. The second kappa shape index (κ2) is 4.64. The molecule has 0 N–H and O–H groups in total. The van der Waals surface area contributed by atoms with E-state index in [1.165, 1.54) is 0 Å². The summed E-state index contributed by atoms with van der Waals surface area (Å²) in [6.45, 7) is 6.37. The summed E-state index contributed by atoms with van der Waals surface area (Å²) in [4.78, 5) is 2.78. The SMILES string of the molecule is CC1(C)OB(c2c(C(F)(F)F)cnc(F)c2F)OC1(C)C. The molecule has 0 bridgehead atoms. The lowest BCUT2D eigenvalue weighted by Gasteiger charge is -2.32. The van der Waals surface area contributed by atoms with E-state index < -0.39 is 47.3 Å². The lowest BCUT2D eigenvalue weighted by molar-refractivity contribution is -0.137. The fraction of sp³-hybridized carbons (Fsp3) is 0.583. The van der Waals surface area contributed by atoms with Crippen molar-refractivity contribution in [3.05, 3.63) is 23.5 Å². The first-order valence-electron chi connectivity index (χ1n) is 6.13. The van der Waals surface area contributed by atoms with Crippen molar-refractivity contribution in [3.63, 3.8) is 0 Å². The quantitative estimate of drug-likeness (QED) is 0.454. The van der Waals surface area contributed by atoms with Gasteiger partial charge in [0.1, 0.15) is 0 Å². The maximum Gasteiger partial charge on any atom is 0.498 e. The minimum Gasteiger partial charge on any atom is -0.399 e. The Hall–Kier alpha value is -1.22. The summed E-state index contributed by atoms with van der Waals surface area (Å²) in [6.07, 6.45) is -4.67. The smallest absolute Gasteiger partial charge is 0.399 e. The summed E-state index contributed by atoms with van der Waals surface area (Å²) in [5, 5.41) is 0. The van der Waals surface area contributed by atoms with Gasteiger partial charge < -0.3 is 9.31 Å². The van der Waals surface area contributed by atoms with Gasteiger partial charge in [-0.3, -0.25) is 0 Å². The molecule has 0 radical (unpaired) electrons. The number of nitrogens with zero attached hydrogens (tertiary/aromatic N) is 1. The van der Waals surface area contributed by atoms with E-state index in [-0.39, 0.29) is 6.20 Å². The number of halogens is 5. The summed E-state index contributed by atoms with van der Waals surface area (Å²) in [6, 6.07) is 0. The van der Waals surface area contributed by atoms with E-state index in [9.17, 15) is 22.0 Å². The highest BCUT2D eigenvalue weighted by atomic mass is 19.4. The Morgan fingerprint density at radius 2 is 1.52 bits per heavy atom. The van der Waals surface area contributed by atoms with Crippen LogP contribution in [0.2, 0.25) is 0 Å². The molecule has 1 saturated heterocycles. The van der Waals surface area contributed by atoms with Gasteiger partial charge in [-0.15, -0.1) is 0 Å². The van der Waals surface area contributed by atoms with Crippen LogP contribution in [-0.2, 0) is 15.5 Å². The van der Waals surface area contributed by atoms with E-state index in [4.69, 9.17) is 9.31 Å². The molecule has 2 rings (SSSR count). The molecule has 1 fully saturated rings. The van der Waals surface area contributed by atoms with Crippen LogP contribution in [0.3, 0.4) is 0 Å². The third-order valence-electron chi connectivity index (χ3n) is 3.81. The molecule has 0 spiro atoms. The minimum atomic E-state index is -4.90. The van der Waals surface area contributed by atoms with Gasteiger partial charge in [0, 0.05) is 11.7 Å². The first-order chi connectivity index (χ1) is 9.37. The number of pyridine rings is 1. The van der Waals surface area contributed by atoms with Crippen molar-refractivity contribution in [2.24, 2.45) is 0 Å². The molecule has 1 aliphatic rings. The van der Waals surface area contributed by atoms with E-state index in [2.05, 4.69) is 4.98 Å². The Morgan fingerprint density at radius 3 is 1.95 bits per heavy atom. The van der Waals surface area contributed by atoms with Crippen LogP contribution < -0.4 is 5.46 Å². The molecule has 0 amide bonds. The molecule has 116 valence electrons. The fourth-order valence-corrected chi connectivity index (χ4v) is 1.89. The minimum absolute atomic E-state index is 0.235. The van der Waals surface area contributed by atoms with Gasteiger partial charge in [-0.1, -0.05) is 0 Å². The van der Waals surface area contributed by atoms with Crippen molar-refractivity contribution in [2.75, 3.05) is 0 Å². The highest BCUT2D eigenvalue weighted by molar-refractivity contribution is 6.62. The summed E-state index contributed by atoms with van der Waals surface area (Å²) in [5.74, 6) is -3.35. The monoisotopic (exact) mass is 309 g/mol. The van der Waals surface area contributed by atoms with Crippen molar-refractivity contribution in [2.45, 2.75) is 45.1 Å². The highest BCUT2D eigenvalue weighted by Gasteiger charge is 2.55. The molecule has 0 saturated carbocycles. The van der Waals surface area contributed by atoms with Gasteiger partial charge in [-0.25, -0.2) is 9.37 Å². The molecule has 0 atom stereocenters. The second-order valence-corrected chi connectivity index (χ2v) is 5.78. The molecule has 1 aliphatic heterocycles. The van der Waals surface area contributed by atoms with E-state index in [1.54, 1.807) is 27.7 Å². The lowest BCUT2D eigenvalue weighted by Crippen LogP contribution is -2.42. The second-order valence-electron chi connectivity index (χ2n) is 5.78. The first kappa shape index (κ1) is 16.2. The number of alkyl halides is 3. The Morgan fingerprint density at radius 1 is 1.05 bits per heavy atom. The molecule has 0 unspecified atom stereocenters. The third kappa shape index (κ3) is 2.64. The van der Waals surface area contributed by atoms with Crippen LogP contribution in [0.1, 0.15) is 33.3 Å². The van der Waals surface area contributed by atoms with Crippen LogP contribution >= 0.6 is 0 Å². The van der Waals surface area contributed by atoms with Crippen LogP contribution in [0.5, 0.6) is 0 Å². The summed E-state index contributed by atoms with van der Waals surface area (Å²) >= 11 is 0. The molecule has 9 heteroatoms. The topological polar surface area (TPSA) is 31.4 Å². The number of aromatic nitrogens is 1. The summed E-state index contributed by atoms with van der Waals surface area (Å²) in [7, 11) is -1.66. The molecule has 0 aliphatic carbocycles. The van der Waals surface area contributed by atoms with Crippen LogP contribution in [0, 0.1) is 11.8 Å². The van der Waals surface area contributed by atoms with Gasteiger partial charge in [-0.2, -0.15) is 17.6 Å². The maximum atomic E-state index is 13.9. The zero-order valence-corrected chi connectivity index (χ0v) is 11.8. The van der Waals surface area contributed by atoms with Crippen molar-refractivity contribution < 1.29 is 31.3 Å². The Bertz CT molecular complexity index is 558. The third-order valence-corrected chi connectivity index (χ3v) is 3.81. The van der Waals surface area contributed by atoms with E-state index in [0.717, 1.165) is 0 Å². The molecule has 1 aromatic rings. The zero-order valence-electron chi connectivity index (χ0n) is 11.8. The van der Waals surface area contributed by atoms with Crippen molar-refractivity contribution >= 4 is 12.6 Å². The van der Waals surface area contributed by atoms with Crippen LogP contribution in [0.4, 0.5) is 22.0 Å². The van der Waals surface area contributed by atoms with Gasteiger partial charge in [0.15, 0.2) is 5.82 Å². The standard InChI is InChI=1S/C12H13BF5NO2/c1-10(2)11(3,4)21-13(20-10)7-6(12(16,17)18)5-19-9(15)8(7)14/h5H,1-4H3. The van der Waals surface area contributed by atoms with E-state index in [1.807, 2.05) is 0 Å². The predicted octanol–water partition coefficient (Wildman–Crippen LogP) is 2.68. The van der Waals surface area contributed by atoms with Gasteiger partial charge in [-0.05, 0) is 27.7 Å². The average Bonchev–Trinajstić information content (AvgIpc) is 2.49. The van der Waals surface area contributed by atoms with Gasteiger partial charge >= 0.3 is 13.3 Å². The Balaban J connectivity index is 2.57. The number of hydrogen-bond acceptors (Lipinski definition) is 3. The molecule has 2 heterocycles. The normalized spacial score (nSPS) is 20.9. The van der Waals surface area contributed by atoms with Crippen molar-refractivity contribution in [3.8, 4) is 0 Å². The molecule has 1 aromatic heterocycles. The molecular formula is C12H13BF5NO2. The Kier molecular flexibility index (Phi) is 3.57. The van der Waals surface area contributed by atoms with Crippen LogP contribution in [0.15, 0.2) is 6.20 Å². The van der Waals surface area contributed by atoms with Gasteiger partial charge in [0.25, 0.3) is 0 Å². The summed E-state index contributed by atoms with van der Waals surface area (Å²) < 4.78 is 76.7. The molecular weight excluding hydrogens is 296 g/mol. The van der Waals surface area contributed by atoms with Crippen LogP contribution in [-0.4, -0.2) is 23.3 Å². The van der Waals surface area contributed by atoms with E-state index >= 15 is 0 Å². The van der Waals surface area contributed by atoms with Crippen molar-refractivity contribution in [1.29, 1.82) is 0 Å². The number of rotatable bonds is 1. The summed E-state index contributed by atoms with van der Waals surface area (Å²) in [5.41, 5.74) is -4.40. The first-order valence-corrected chi connectivity index (χ1v) is 6.13. The lowest BCUT2D eigenvalue weighted by atomic mass is 9.76. The average molecular weight is 309 g/mol. The highest BCUT2D eigenvalue weighted by Crippen LogP contribution is 2.38. The Labute approximate surface area is 118 Å². The van der Waals surface area contributed by atoms with Gasteiger partial charge in [0.05, 0.1) is 16.8 Å². The largest absolute Gasteiger partial charge is 0.498 e. The van der Waals surface area contributed by atoms with Crippen LogP contribution in [0.25, 0.3) is 0 Å². The molecule has 3 nitrogen and oxygen atoms in total. The zero-order chi connectivity index (χ0) is 16.2.